The third-order valence-electron chi connectivity index (χ3n) is 7.07. The topological polar surface area (TPSA) is 55.1 Å². The normalized spacial score (nSPS) is 39.3. The summed E-state index contributed by atoms with van der Waals surface area (Å²) in [5.74, 6) is 2.84. The molecule has 0 aliphatic heterocycles. The van der Waals surface area contributed by atoms with Crippen molar-refractivity contribution in [1.29, 1.82) is 0 Å². The first-order valence-electron chi connectivity index (χ1n) is 9.00. The molecule has 4 rings (SSSR count). The van der Waals surface area contributed by atoms with E-state index in [1.54, 1.807) is 0 Å². The number of carbonyl (C=O) groups excluding carboxylic acids is 1. The second kappa shape index (κ2) is 5.26. The second-order valence-corrected chi connectivity index (χ2v) is 8.34. The summed E-state index contributed by atoms with van der Waals surface area (Å²) >= 11 is 0. The Kier molecular flexibility index (Phi) is 3.84. The van der Waals surface area contributed by atoms with Gasteiger partial charge in [-0.3, -0.25) is 4.79 Å². The Balaban J connectivity index is 1.71. The SMILES string of the molecule is CCC(N)(CC)C(=O)NC(C)C12CC3CC(CC(C3)C1)C2. The van der Waals surface area contributed by atoms with E-state index in [-0.39, 0.29) is 11.9 Å². The summed E-state index contributed by atoms with van der Waals surface area (Å²) in [5, 5.41) is 3.32. The molecule has 4 saturated carbocycles. The number of nitrogens with one attached hydrogen (secondary N) is 1. The number of hydrogen-bond donors (Lipinski definition) is 2. The van der Waals surface area contributed by atoms with Gasteiger partial charge in [0.25, 0.3) is 0 Å². The fourth-order valence-electron chi connectivity index (χ4n) is 5.77. The van der Waals surface area contributed by atoms with Crippen LogP contribution >= 0.6 is 0 Å². The van der Waals surface area contributed by atoms with Crippen molar-refractivity contribution in [2.45, 2.75) is 83.7 Å². The zero-order chi connectivity index (χ0) is 15.3. The third-order valence-corrected chi connectivity index (χ3v) is 7.07. The highest BCUT2D eigenvalue weighted by atomic mass is 16.2. The van der Waals surface area contributed by atoms with Crippen LogP contribution in [0.15, 0.2) is 0 Å². The maximum Gasteiger partial charge on any atom is 0.240 e. The van der Waals surface area contributed by atoms with Gasteiger partial charge in [0.1, 0.15) is 0 Å². The van der Waals surface area contributed by atoms with Gasteiger partial charge < -0.3 is 11.1 Å². The fraction of sp³-hybridized carbons (Fsp3) is 0.944. The Bertz CT molecular complexity index is 378. The Morgan fingerprint density at radius 1 is 1.14 bits per heavy atom. The lowest BCUT2D eigenvalue weighted by Crippen LogP contribution is -2.61. The maximum absolute atomic E-state index is 12.6. The predicted molar refractivity (Wildman–Crippen MR) is 85.7 cm³/mol. The van der Waals surface area contributed by atoms with Gasteiger partial charge in [-0.15, -0.1) is 0 Å². The van der Waals surface area contributed by atoms with E-state index in [1.165, 1.54) is 38.5 Å². The smallest absolute Gasteiger partial charge is 0.240 e. The standard InChI is InChI=1S/C18H32N2O/c1-4-18(19,5-2)16(21)20-12(3)17-9-13-6-14(10-17)8-15(7-13)11-17/h12-15H,4-11,19H2,1-3H3,(H,20,21). The van der Waals surface area contributed by atoms with Crippen LogP contribution in [0.2, 0.25) is 0 Å². The molecule has 3 N–H and O–H groups in total. The lowest BCUT2D eigenvalue weighted by atomic mass is 9.48. The molecule has 0 aromatic heterocycles. The van der Waals surface area contributed by atoms with Crippen molar-refractivity contribution in [2.75, 3.05) is 0 Å². The van der Waals surface area contributed by atoms with Gasteiger partial charge >= 0.3 is 0 Å². The molecule has 1 unspecified atom stereocenters. The average Bonchev–Trinajstić information content (AvgIpc) is 2.44. The molecule has 120 valence electrons. The highest BCUT2D eigenvalue weighted by Gasteiger charge is 2.53. The first-order valence-corrected chi connectivity index (χ1v) is 9.00. The molecule has 1 atom stereocenters. The Morgan fingerprint density at radius 2 is 1.57 bits per heavy atom. The van der Waals surface area contributed by atoms with Crippen molar-refractivity contribution in [3.63, 3.8) is 0 Å². The zero-order valence-electron chi connectivity index (χ0n) is 14.0. The molecule has 0 aromatic rings. The molecule has 0 heterocycles. The van der Waals surface area contributed by atoms with Crippen LogP contribution in [-0.2, 0) is 4.79 Å². The molecule has 0 aromatic carbocycles. The molecule has 4 aliphatic carbocycles. The van der Waals surface area contributed by atoms with Crippen molar-refractivity contribution < 1.29 is 4.79 Å². The van der Waals surface area contributed by atoms with Gasteiger partial charge in [-0.05, 0) is 81.5 Å². The van der Waals surface area contributed by atoms with Gasteiger partial charge in [-0.2, -0.15) is 0 Å². The monoisotopic (exact) mass is 292 g/mol. The van der Waals surface area contributed by atoms with E-state index >= 15 is 0 Å². The van der Waals surface area contributed by atoms with E-state index < -0.39 is 5.54 Å². The number of rotatable bonds is 5. The summed E-state index contributed by atoms with van der Waals surface area (Å²) < 4.78 is 0. The lowest BCUT2D eigenvalue weighted by molar-refractivity contribution is -0.131. The van der Waals surface area contributed by atoms with Crippen molar-refractivity contribution in [2.24, 2.45) is 28.9 Å². The van der Waals surface area contributed by atoms with Gasteiger partial charge in [0, 0.05) is 6.04 Å². The van der Waals surface area contributed by atoms with E-state index in [2.05, 4.69) is 12.2 Å². The van der Waals surface area contributed by atoms with Gasteiger partial charge in [0.2, 0.25) is 5.91 Å². The quantitative estimate of drug-likeness (QED) is 0.817. The Morgan fingerprint density at radius 3 is 1.95 bits per heavy atom. The molecule has 3 heteroatoms. The van der Waals surface area contributed by atoms with Crippen LogP contribution in [0.5, 0.6) is 0 Å². The highest BCUT2D eigenvalue weighted by molar-refractivity contribution is 5.86. The van der Waals surface area contributed by atoms with Gasteiger partial charge in [-0.25, -0.2) is 0 Å². The number of hydrogen-bond acceptors (Lipinski definition) is 2. The fourth-order valence-corrected chi connectivity index (χ4v) is 5.77. The van der Waals surface area contributed by atoms with Gasteiger partial charge in [0.05, 0.1) is 5.54 Å². The number of nitrogens with two attached hydrogens (primary N) is 1. The van der Waals surface area contributed by atoms with Crippen LogP contribution in [-0.4, -0.2) is 17.5 Å². The van der Waals surface area contributed by atoms with E-state index in [0.29, 0.717) is 18.3 Å². The lowest BCUT2D eigenvalue weighted by Gasteiger charge is -2.59. The number of carbonyl (C=O) groups is 1. The summed E-state index contributed by atoms with van der Waals surface area (Å²) in [6.45, 7) is 6.26. The molecule has 4 fully saturated rings. The first-order chi connectivity index (χ1) is 9.90. The van der Waals surface area contributed by atoms with Crippen LogP contribution in [0.25, 0.3) is 0 Å². The zero-order valence-corrected chi connectivity index (χ0v) is 14.0. The largest absolute Gasteiger partial charge is 0.351 e. The van der Waals surface area contributed by atoms with Crippen LogP contribution < -0.4 is 11.1 Å². The molecule has 4 aliphatic rings. The van der Waals surface area contributed by atoms with E-state index in [0.717, 1.165) is 17.8 Å². The molecular weight excluding hydrogens is 260 g/mol. The van der Waals surface area contributed by atoms with Crippen LogP contribution in [0, 0.1) is 23.2 Å². The molecular formula is C18H32N2O. The molecule has 0 radical (unpaired) electrons. The van der Waals surface area contributed by atoms with E-state index in [9.17, 15) is 4.79 Å². The summed E-state index contributed by atoms with van der Waals surface area (Å²) in [6.07, 6.45) is 9.76. The summed E-state index contributed by atoms with van der Waals surface area (Å²) in [4.78, 5) is 12.6. The van der Waals surface area contributed by atoms with E-state index in [4.69, 9.17) is 5.73 Å². The molecule has 1 amide bonds. The van der Waals surface area contributed by atoms with Crippen molar-refractivity contribution in [1.82, 2.24) is 5.32 Å². The minimum Gasteiger partial charge on any atom is -0.351 e. The summed E-state index contributed by atoms with van der Waals surface area (Å²) in [7, 11) is 0. The van der Waals surface area contributed by atoms with Crippen LogP contribution in [0.1, 0.15) is 72.1 Å². The minimum atomic E-state index is -0.684. The first kappa shape index (κ1) is 15.3. The van der Waals surface area contributed by atoms with E-state index in [1.807, 2.05) is 13.8 Å². The molecule has 21 heavy (non-hydrogen) atoms. The molecule has 3 nitrogen and oxygen atoms in total. The summed E-state index contributed by atoms with van der Waals surface area (Å²) in [6, 6.07) is 0.277. The minimum absolute atomic E-state index is 0.0655. The van der Waals surface area contributed by atoms with Crippen molar-refractivity contribution >= 4 is 5.91 Å². The number of amides is 1. The Labute approximate surface area is 129 Å². The molecule has 0 saturated heterocycles. The van der Waals surface area contributed by atoms with Gasteiger partial charge in [-0.1, -0.05) is 13.8 Å². The maximum atomic E-state index is 12.6. The van der Waals surface area contributed by atoms with Crippen molar-refractivity contribution in [3.8, 4) is 0 Å². The second-order valence-electron chi connectivity index (χ2n) is 8.34. The third kappa shape index (κ3) is 2.52. The van der Waals surface area contributed by atoms with Crippen LogP contribution in [0.3, 0.4) is 0 Å². The predicted octanol–water partition coefficient (Wildman–Crippen LogP) is 3.23. The van der Waals surface area contributed by atoms with Gasteiger partial charge in [0.15, 0.2) is 0 Å². The Hall–Kier alpha value is -0.570. The molecule has 0 spiro atoms. The van der Waals surface area contributed by atoms with Crippen molar-refractivity contribution in [3.05, 3.63) is 0 Å². The average molecular weight is 292 g/mol. The van der Waals surface area contributed by atoms with Crippen LogP contribution in [0.4, 0.5) is 0 Å². The highest BCUT2D eigenvalue weighted by Crippen LogP contribution is 2.61. The summed E-state index contributed by atoms with van der Waals surface area (Å²) in [5.41, 5.74) is 5.95. The molecule has 4 bridgehead atoms.